The maximum atomic E-state index is 5.87. The van der Waals surface area contributed by atoms with Crippen molar-refractivity contribution in [3.8, 4) is 5.75 Å². The van der Waals surface area contributed by atoms with E-state index in [0.29, 0.717) is 0 Å². The van der Waals surface area contributed by atoms with E-state index in [1.807, 2.05) is 44.2 Å². The number of benzene rings is 1. The van der Waals surface area contributed by atoms with Gasteiger partial charge in [0.1, 0.15) is 11.5 Å². The van der Waals surface area contributed by atoms with Crippen LogP contribution in [0.3, 0.4) is 0 Å². The van der Waals surface area contributed by atoms with E-state index in [0.717, 1.165) is 29.2 Å². The molecule has 0 radical (unpaired) electrons. The molecule has 2 N–H and O–H groups in total. The molecule has 0 saturated heterocycles. The highest BCUT2D eigenvalue weighted by atomic mass is 16.5. The molecule has 0 atom stereocenters. The molecule has 0 aliphatic rings. The van der Waals surface area contributed by atoms with Crippen LogP contribution in [-0.2, 0) is 0 Å². The van der Waals surface area contributed by atoms with Crippen LogP contribution in [0.1, 0.15) is 32.8 Å². The van der Waals surface area contributed by atoms with Gasteiger partial charge < -0.3 is 10.5 Å². The van der Waals surface area contributed by atoms with Crippen molar-refractivity contribution in [3.05, 3.63) is 59.4 Å². The average Bonchev–Trinajstić information content (AvgIpc) is 2.37. The summed E-state index contributed by atoms with van der Waals surface area (Å²) in [5.74, 6) is 1.67. The Morgan fingerprint density at radius 2 is 2.05 bits per heavy atom. The molecule has 0 aromatic heterocycles. The normalized spacial score (nSPS) is 13.1. The zero-order chi connectivity index (χ0) is 14.3. The molecule has 1 aromatic carbocycles. The fourth-order valence-electron chi connectivity index (χ4n) is 1.71. The quantitative estimate of drug-likeness (QED) is 0.468. The minimum atomic E-state index is 0.754. The summed E-state index contributed by atoms with van der Waals surface area (Å²) in [7, 11) is 0. The lowest BCUT2D eigenvalue weighted by molar-refractivity contribution is 0.440. The zero-order valence-electron chi connectivity index (χ0n) is 12.2. The number of nitrogens with two attached hydrogens (primary N) is 1. The van der Waals surface area contributed by atoms with E-state index in [-0.39, 0.29) is 0 Å². The average molecular weight is 257 g/mol. The second-order valence-corrected chi connectivity index (χ2v) is 4.51. The van der Waals surface area contributed by atoms with Crippen molar-refractivity contribution in [3.63, 3.8) is 0 Å². The predicted octanol–water partition coefficient (Wildman–Crippen LogP) is 4.77. The first kappa shape index (κ1) is 15.1. The van der Waals surface area contributed by atoms with Gasteiger partial charge in [-0.2, -0.15) is 0 Å². The molecule has 2 heteroatoms. The number of ether oxygens (including phenoxy) is 1. The number of nitrogen functional groups attached to an aromatic ring is 1. The minimum Gasteiger partial charge on any atom is -0.457 e. The van der Waals surface area contributed by atoms with Crippen LogP contribution in [0.5, 0.6) is 5.75 Å². The van der Waals surface area contributed by atoms with E-state index >= 15 is 0 Å². The number of rotatable bonds is 5. The summed E-state index contributed by atoms with van der Waals surface area (Å²) in [5, 5.41) is 0. The van der Waals surface area contributed by atoms with Gasteiger partial charge in [-0.05, 0) is 63.1 Å². The fourth-order valence-corrected chi connectivity index (χ4v) is 1.71. The number of hydrogen-bond acceptors (Lipinski definition) is 2. The molecule has 0 aliphatic carbocycles. The lowest BCUT2D eigenvalue weighted by atomic mass is 10.2. The fraction of sp³-hybridized carbons (Fsp3) is 0.294. The predicted molar refractivity (Wildman–Crippen MR) is 83.2 cm³/mol. The van der Waals surface area contributed by atoms with Crippen LogP contribution in [0.15, 0.2) is 53.8 Å². The van der Waals surface area contributed by atoms with Crippen LogP contribution >= 0.6 is 0 Å². The first-order chi connectivity index (χ1) is 9.06. The Morgan fingerprint density at radius 3 is 2.63 bits per heavy atom. The Morgan fingerprint density at radius 1 is 1.32 bits per heavy atom. The van der Waals surface area contributed by atoms with Crippen LogP contribution in [0.2, 0.25) is 0 Å². The second-order valence-electron chi connectivity index (χ2n) is 4.51. The van der Waals surface area contributed by atoms with E-state index in [9.17, 15) is 0 Å². The SMILES string of the molecule is C\C=C(/C=C\C(C)=C\CC)Oc1ccc(N)cc1C. The highest BCUT2D eigenvalue weighted by Crippen LogP contribution is 2.22. The Bertz CT molecular complexity index is 510. The maximum absolute atomic E-state index is 5.87. The zero-order valence-corrected chi connectivity index (χ0v) is 12.2. The molecule has 0 aliphatic heterocycles. The van der Waals surface area contributed by atoms with Gasteiger partial charge in [0, 0.05) is 5.69 Å². The molecule has 0 heterocycles. The Hall–Kier alpha value is -1.96. The highest BCUT2D eigenvalue weighted by Gasteiger charge is 2.01. The third-order valence-corrected chi connectivity index (χ3v) is 2.75. The first-order valence-electron chi connectivity index (χ1n) is 6.62. The standard InChI is InChI=1S/C17H23NO/c1-5-7-13(3)8-10-16(6-2)19-17-11-9-15(18)12-14(17)4/h6-12H,5,18H2,1-4H3/b10-8-,13-7+,16-6+. The van der Waals surface area contributed by atoms with Crippen molar-refractivity contribution in [1.82, 2.24) is 0 Å². The smallest absolute Gasteiger partial charge is 0.130 e. The Labute approximate surface area is 116 Å². The molecule has 1 aromatic rings. The third-order valence-electron chi connectivity index (χ3n) is 2.75. The van der Waals surface area contributed by atoms with E-state index in [4.69, 9.17) is 10.5 Å². The van der Waals surface area contributed by atoms with Gasteiger partial charge in [0.05, 0.1) is 0 Å². The number of allylic oxidation sites excluding steroid dienone is 5. The van der Waals surface area contributed by atoms with Crippen molar-refractivity contribution in [2.45, 2.75) is 34.1 Å². The minimum absolute atomic E-state index is 0.754. The molecule has 0 amide bonds. The largest absolute Gasteiger partial charge is 0.457 e. The second kappa shape index (κ2) is 7.47. The van der Waals surface area contributed by atoms with Crippen LogP contribution in [0, 0.1) is 6.92 Å². The number of anilines is 1. The molecule has 19 heavy (non-hydrogen) atoms. The van der Waals surface area contributed by atoms with E-state index in [1.165, 1.54) is 5.57 Å². The van der Waals surface area contributed by atoms with Crippen molar-refractivity contribution >= 4 is 5.69 Å². The van der Waals surface area contributed by atoms with Gasteiger partial charge in [0.2, 0.25) is 0 Å². The highest BCUT2D eigenvalue weighted by molar-refractivity contribution is 5.48. The van der Waals surface area contributed by atoms with Crippen LogP contribution in [0.25, 0.3) is 0 Å². The lowest BCUT2D eigenvalue weighted by Crippen LogP contribution is -1.95. The van der Waals surface area contributed by atoms with Gasteiger partial charge in [-0.1, -0.05) is 24.6 Å². The molecule has 0 unspecified atom stereocenters. The number of aryl methyl sites for hydroxylation is 1. The van der Waals surface area contributed by atoms with Crippen LogP contribution in [0.4, 0.5) is 5.69 Å². The molecule has 1 rings (SSSR count). The Balaban J connectivity index is 2.81. The number of hydrogen-bond donors (Lipinski definition) is 1. The molecular weight excluding hydrogens is 234 g/mol. The van der Waals surface area contributed by atoms with Crippen molar-refractivity contribution in [1.29, 1.82) is 0 Å². The van der Waals surface area contributed by atoms with Gasteiger partial charge in [-0.25, -0.2) is 0 Å². The molecule has 0 saturated carbocycles. The van der Waals surface area contributed by atoms with Crippen molar-refractivity contribution in [2.75, 3.05) is 5.73 Å². The Kier molecular flexibility index (Phi) is 5.94. The lowest BCUT2D eigenvalue weighted by Gasteiger charge is -2.09. The van der Waals surface area contributed by atoms with Gasteiger partial charge in [-0.3, -0.25) is 0 Å². The molecule has 0 fully saturated rings. The molecule has 0 bridgehead atoms. The van der Waals surface area contributed by atoms with Gasteiger partial charge in [0.15, 0.2) is 0 Å². The third kappa shape index (κ3) is 5.04. The van der Waals surface area contributed by atoms with E-state index in [1.54, 1.807) is 0 Å². The molecular formula is C17H23NO. The van der Waals surface area contributed by atoms with Gasteiger partial charge in [-0.15, -0.1) is 0 Å². The molecule has 102 valence electrons. The monoisotopic (exact) mass is 257 g/mol. The van der Waals surface area contributed by atoms with Crippen LogP contribution < -0.4 is 10.5 Å². The van der Waals surface area contributed by atoms with E-state index < -0.39 is 0 Å². The van der Waals surface area contributed by atoms with Crippen LogP contribution in [-0.4, -0.2) is 0 Å². The van der Waals surface area contributed by atoms with Crippen molar-refractivity contribution < 1.29 is 4.74 Å². The topological polar surface area (TPSA) is 35.2 Å². The summed E-state index contributed by atoms with van der Waals surface area (Å²) < 4.78 is 5.87. The summed E-state index contributed by atoms with van der Waals surface area (Å²) in [6.45, 7) is 8.17. The maximum Gasteiger partial charge on any atom is 0.130 e. The summed E-state index contributed by atoms with van der Waals surface area (Å²) in [6, 6.07) is 5.66. The summed E-state index contributed by atoms with van der Waals surface area (Å²) in [5.41, 5.74) is 8.76. The van der Waals surface area contributed by atoms with E-state index in [2.05, 4.69) is 26.0 Å². The summed E-state index contributed by atoms with van der Waals surface area (Å²) in [4.78, 5) is 0. The summed E-state index contributed by atoms with van der Waals surface area (Å²) >= 11 is 0. The van der Waals surface area contributed by atoms with Gasteiger partial charge >= 0.3 is 0 Å². The first-order valence-corrected chi connectivity index (χ1v) is 6.62. The molecule has 0 spiro atoms. The van der Waals surface area contributed by atoms with Gasteiger partial charge in [0.25, 0.3) is 0 Å². The van der Waals surface area contributed by atoms with Crippen molar-refractivity contribution in [2.24, 2.45) is 0 Å². The summed E-state index contributed by atoms with van der Waals surface area (Å²) in [6.07, 6.45) is 9.21. The molecule has 2 nitrogen and oxygen atoms in total.